The van der Waals surface area contributed by atoms with Crippen LogP contribution in [0.4, 0.5) is 5.82 Å². The van der Waals surface area contributed by atoms with Gasteiger partial charge in [-0.3, -0.25) is 4.79 Å². The molecule has 1 aromatic rings. The van der Waals surface area contributed by atoms with E-state index in [0.29, 0.717) is 11.1 Å². The molecular formula is C11H17N3O2S. The van der Waals surface area contributed by atoms with E-state index in [9.17, 15) is 4.79 Å². The van der Waals surface area contributed by atoms with Crippen molar-refractivity contribution in [2.45, 2.75) is 24.5 Å². The van der Waals surface area contributed by atoms with E-state index in [1.165, 1.54) is 38.5 Å². The molecule has 1 aromatic heterocycles. The lowest BCUT2D eigenvalue weighted by Crippen LogP contribution is -2.22. The molecule has 1 fully saturated rings. The highest BCUT2D eigenvalue weighted by atomic mass is 32.2. The molecule has 0 radical (unpaired) electrons. The second-order valence-corrected chi connectivity index (χ2v) is 5.39. The second-order valence-electron chi connectivity index (χ2n) is 3.98. The number of anilines is 1. The standard InChI is InChI=1S/C11H17N3O2S/c1-16-9-10(13-7-14-11(9)15)12-6-8-4-2-3-5-17-8/h7-8H,2-6H2,1H3,(H2,12,13,14,15). The van der Waals surface area contributed by atoms with Gasteiger partial charge in [0.05, 0.1) is 13.4 Å². The number of nitrogens with zero attached hydrogens (tertiary/aromatic N) is 1. The van der Waals surface area contributed by atoms with E-state index in [2.05, 4.69) is 15.3 Å². The first-order valence-corrected chi connectivity index (χ1v) is 6.83. The van der Waals surface area contributed by atoms with Crippen LogP contribution in [0.1, 0.15) is 19.3 Å². The van der Waals surface area contributed by atoms with E-state index in [1.807, 2.05) is 11.8 Å². The van der Waals surface area contributed by atoms with Crippen molar-refractivity contribution in [1.29, 1.82) is 0 Å². The normalized spacial score (nSPS) is 19.9. The highest BCUT2D eigenvalue weighted by Gasteiger charge is 2.15. The molecule has 2 N–H and O–H groups in total. The molecule has 5 nitrogen and oxygen atoms in total. The minimum absolute atomic E-state index is 0.249. The number of aromatic amines is 1. The predicted octanol–water partition coefficient (Wildman–Crippen LogP) is 1.48. The lowest BCUT2D eigenvalue weighted by Gasteiger charge is -2.21. The first-order valence-electron chi connectivity index (χ1n) is 5.78. The molecule has 2 rings (SSSR count). The number of hydrogen-bond donors (Lipinski definition) is 2. The predicted molar refractivity (Wildman–Crippen MR) is 70.0 cm³/mol. The Bertz CT molecular complexity index is 415. The fourth-order valence-corrected chi connectivity index (χ4v) is 3.12. The lowest BCUT2D eigenvalue weighted by molar-refractivity contribution is 0.408. The Hall–Kier alpha value is -1.17. The van der Waals surface area contributed by atoms with E-state index in [1.54, 1.807) is 0 Å². The van der Waals surface area contributed by atoms with E-state index in [4.69, 9.17) is 4.74 Å². The zero-order valence-corrected chi connectivity index (χ0v) is 10.7. The van der Waals surface area contributed by atoms with Crippen LogP contribution >= 0.6 is 11.8 Å². The molecule has 1 aliphatic heterocycles. The van der Waals surface area contributed by atoms with Crippen molar-refractivity contribution in [3.05, 3.63) is 16.7 Å². The number of methoxy groups -OCH3 is 1. The van der Waals surface area contributed by atoms with Gasteiger partial charge in [0.25, 0.3) is 5.56 Å². The molecule has 1 unspecified atom stereocenters. The van der Waals surface area contributed by atoms with Crippen molar-refractivity contribution in [2.24, 2.45) is 0 Å². The molecule has 0 saturated carbocycles. The van der Waals surface area contributed by atoms with Gasteiger partial charge in [-0.25, -0.2) is 4.98 Å². The van der Waals surface area contributed by atoms with Crippen LogP contribution in [-0.2, 0) is 0 Å². The van der Waals surface area contributed by atoms with Gasteiger partial charge in [0.1, 0.15) is 0 Å². The van der Waals surface area contributed by atoms with Gasteiger partial charge in [0, 0.05) is 11.8 Å². The molecule has 1 aliphatic rings. The van der Waals surface area contributed by atoms with Crippen molar-refractivity contribution in [2.75, 3.05) is 24.7 Å². The van der Waals surface area contributed by atoms with Gasteiger partial charge in [-0.2, -0.15) is 11.8 Å². The molecular weight excluding hydrogens is 238 g/mol. The number of H-pyrrole nitrogens is 1. The number of aromatic nitrogens is 2. The highest BCUT2D eigenvalue weighted by Crippen LogP contribution is 2.25. The first-order chi connectivity index (χ1) is 8.31. The Balaban J connectivity index is 1.98. The SMILES string of the molecule is COc1c(NCC2CCCCS2)nc[nH]c1=O. The third kappa shape index (κ3) is 3.15. The van der Waals surface area contributed by atoms with Crippen LogP contribution < -0.4 is 15.6 Å². The number of hydrogen-bond acceptors (Lipinski definition) is 5. The third-order valence-electron chi connectivity index (χ3n) is 2.79. The molecule has 0 aliphatic carbocycles. The Morgan fingerprint density at radius 1 is 1.65 bits per heavy atom. The van der Waals surface area contributed by atoms with Gasteiger partial charge in [0.15, 0.2) is 5.82 Å². The van der Waals surface area contributed by atoms with Crippen LogP contribution in [0, 0.1) is 0 Å². The summed E-state index contributed by atoms with van der Waals surface area (Å²) in [6, 6.07) is 0. The van der Waals surface area contributed by atoms with Gasteiger partial charge in [-0.05, 0) is 18.6 Å². The molecule has 0 bridgehead atoms. The fourth-order valence-electron chi connectivity index (χ4n) is 1.88. The molecule has 0 aromatic carbocycles. The topological polar surface area (TPSA) is 67.0 Å². The Morgan fingerprint density at radius 2 is 2.53 bits per heavy atom. The summed E-state index contributed by atoms with van der Waals surface area (Å²) in [6.07, 6.45) is 5.22. The summed E-state index contributed by atoms with van der Waals surface area (Å²) in [4.78, 5) is 18.0. The summed E-state index contributed by atoms with van der Waals surface area (Å²) >= 11 is 1.98. The fraction of sp³-hybridized carbons (Fsp3) is 0.636. The zero-order chi connectivity index (χ0) is 12.1. The molecule has 17 heavy (non-hydrogen) atoms. The second kappa shape index (κ2) is 5.95. The van der Waals surface area contributed by atoms with Crippen LogP contribution in [0.3, 0.4) is 0 Å². The van der Waals surface area contributed by atoms with Gasteiger partial charge in [-0.15, -0.1) is 0 Å². The molecule has 6 heteroatoms. The highest BCUT2D eigenvalue weighted by molar-refractivity contribution is 7.99. The summed E-state index contributed by atoms with van der Waals surface area (Å²) in [5.41, 5.74) is -0.249. The molecule has 0 spiro atoms. The number of nitrogens with one attached hydrogen (secondary N) is 2. The Kier molecular flexibility index (Phi) is 4.30. The average molecular weight is 255 g/mol. The van der Waals surface area contributed by atoms with Gasteiger partial charge >= 0.3 is 0 Å². The molecule has 94 valence electrons. The van der Waals surface area contributed by atoms with Crippen LogP contribution in [-0.4, -0.2) is 34.6 Å². The van der Waals surface area contributed by atoms with Crippen LogP contribution in [0.15, 0.2) is 11.1 Å². The van der Waals surface area contributed by atoms with Gasteiger partial charge in [-0.1, -0.05) is 6.42 Å². The molecule has 1 saturated heterocycles. The monoisotopic (exact) mass is 255 g/mol. The van der Waals surface area contributed by atoms with E-state index < -0.39 is 0 Å². The number of thioether (sulfide) groups is 1. The van der Waals surface area contributed by atoms with Crippen molar-refractivity contribution in [1.82, 2.24) is 9.97 Å². The summed E-state index contributed by atoms with van der Waals surface area (Å²) < 4.78 is 5.04. The minimum Gasteiger partial charge on any atom is -0.489 e. The van der Waals surface area contributed by atoms with E-state index in [-0.39, 0.29) is 11.3 Å². The minimum atomic E-state index is -0.249. The van der Waals surface area contributed by atoms with E-state index >= 15 is 0 Å². The lowest BCUT2D eigenvalue weighted by atomic mass is 10.2. The van der Waals surface area contributed by atoms with Crippen molar-refractivity contribution < 1.29 is 4.74 Å². The van der Waals surface area contributed by atoms with Crippen LogP contribution in [0.25, 0.3) is 0 Å². The third-order valence-corrected chi connectivity index (χ3v) is 4.18. The largest absolute Gasteiger partial charge is 0.489 e. The van der Waals surface area contributed by atoms with Crippen molar-refractivity contribution in [3.63, 3.8) is 0 Å². The average Bonchev–Trinajstić information content (AvgIpc) is 2.37. The first kappa shape index (κ1) is 12.3. The maximum Gasteiger partial charge on any atom is 0.295 e. The number of rotatable bonds is 4. The van der Waals surface area contributed by atoms with Crippen LogP contribution in [0.2, 0.25) is 0 Å². The molecule has 0 amide bonds. The summed E-state index contributed by atoms with van der Waals surface area (Å²) in [5.74, 6) is 2.02. The quantitative estimate of drug-likeness (QED) is 0.853. The smallest absolute Gasteiger partial charge is 0.295 e. The van der Waals surface area contributed by atoms with E-state index in [0.717, 1.165) is 6.54 Å². The maximum atomic E-state index is 11.5. The maximum absolute atomic E-state index is 11.5. The summed E-state index contributed by atoms with van der Waals surface area (Å²) in [7, 11) is 1.48. The molecule has 1 atom stereocenters. The summed E-state index contributed by atoms with van der Waals surface area (Å²) in [6.45, 7) is 0.831. The van der Waals surface area contributed by atoms with Crippen molar-refractivity contribution >= 4 is 17.6 Å². The zero-order valence-electron chi connectivity index (χ0n) is 9.86. The van der Waals surface area contributed by atoms with Crippen LogP contribution in [0.5, 0.6) is 5.75 Å². The summed E-state index contributed by atoms with van der Waals surface area (Å²) in [5, 5.41) is 3.80. The van der Waals surface area contributed by atoms with Gasteiger partial charge < -0.3 is 15.0 Å². The number of ether oxygens (including phenoxy) is 1. The van der Waals surface area contributed by atoms with Gasteiger partial charge in [0.2, 0.25) is 5.75 Å². The molecule has 2 heterocycles. The van der Waals surface area contributed by atoms with Crippen molar-refractivity contribution in [3.8, 4) is 5.75 Å². The Labute approximate surface area is 104 Å². The Morgan fingerprint density at radius 3 is 3.24 bits per heavy atom.